The fourth-order valence-electron chi connectivity index (χ4n) is 2.50. The minimum atomic E-state index is -0.130. The molecule has 1 aliphatic rings. The second kappa shape index (κ2) is 7.91. The van der Waals surface area contributed by atoms with Crippen molar-refractivity contribution in [2.24, 2.45) is 0 Å². The number of carbonyl (C=O) groups is 2. The summed E-state index contributed by atoms with van der Waals surface area (Å²) in [7, 11) is 0. The second-order valence-corrected chi connectivity index (χ2v) is 5.51. The van der Waals surface area contributed by atoms with Crippen LogP contribution < -0.4 is 16.0 Å². The molecule has 6 heteroatoms. The number of nitrogens with zero attached hydrogens (tertiary/aromatic N) is 1. The van der Waals surface area contributed by atoms with Crippen LogP contribution in [0.5, 0.6) is 0 Å². The van der Waals surface area contributed by atoms with Crippen molar-refractivity contribution in [2.75, 3.05) is 38.0 Å². The highest BCUT2D eigenvalue weighted by atomic mass is 16.2. The highest BCUT2D eigenvalue weighted by Crippen LogP contribution is 2.11. The van der Waals surface area contributed by atoms with Gasteiger partial charge in [-0.3, -0.25) is 14.5 Å². The molecule has 1 aromatic carbocycles. The van der Waals surface area contributed by atoms with Crippen LogP contribution in [0.4, 0.5) is 5.69 Å². The standard InChI is InChI=1S/C16H24N4O2/c1-3-18-16(22)13-5-4-6-14(9-13)19-15(21)11-20-8-7-17-10-12(20)2/h4-6,9,12,17H,3,7-8,10-11H2,1-2H3,(H,18,22)(H,19,21)/t12-/m0/s1. The van der Waals surface area contributed by atoms with Gasteiger partial charge >= 0.3 is 0 Å². The first kappa shape index (κ1) is 16.5. The van der Waals surface area contributed by atoms with E-state index in [-0.39, 0.29) is 11.8 Å². The number of benzene rings is 1. The summed E-state index contributed by atoms with van der Waals surface area (Å²) < 4.78 is 0. The molecule has 2 amide bonds. The molecule has 0 aromatic heterocycles. The maximum atomic E-state index is 12.2. The van der Waals surface area contributed by atoms with Crippen molar-refractivity contribution >= 4 is 17.5 Å². The van der Waals surface area contributed by atoms with Gasteiger partial charge in [-0.25, -0.2) is 0 Å². The average Bonchev–Trinajstić information content (AvgIpc) is 2.50. The summed E-state index contributed by atoms with van der Waals surface area (Å²) in [4.78, 5) is 26.1. The lowest BCUT2D eigenvalue weighted by molar-refractivity contribution is -0.118. The quantitative estimate of drug-likeness (QED) is 0.747. The monoisotopic (exact) mass is 304 g/mol. The normalized spacial score (nSPS) is 18.7. The number of hydrogen-bond acceptors (Lipinski definition) is 4. The van der Waals surface area contributed by atoms with Crippen LogP contribution in [-0.2, 0) is 4.79 Å². The minimum Gasteiger partial charge on any atom is -0.352 e. The van der Waals surface area contributed by atoms with Gasteiger partial charge in [-0.1, -0.05) is 6.07 Å². The number of amides is 2. The third-order valence-corrected chi connectivity index (χ3v) is 3.73. The van der Waals surface area contributed by atoms with E-state index in [4.69, 9.17) is 0 Å². The highest BCUT2D eigenvalue weighted by molar-refractivity contribution is 5.97. The van der Waals surface area contributed by atoms with Crippen LogP contribution in [0.1, 0.15) is 24.2 Å². The molecule has 1 saturated heterocycles. The lowest BCUT2D eigenvalue weighted by Crippen LogP contribution is -2.51. The van der Waals surface area contributed by atoms with Crippen LogP contribution in [0.25, 0.3) is 0 Å². The molecule has 0 bridgehead atoms. The molecule has 2 rings (SSSR count). The molecule has 6 nitrogen and oxygen atoms in total. The van der Waals surface area contributed by atoms with Crippen molar-refractivity contribution in [3.05, 3.63) is 29.8 Å². The van der Waals surface area contributed by atoms with Gasteiger partial charge in [0.15, 0.2) is 0 Å². The zero-order valence-corrected chi connectivity index (χ0v) is 13.2. The van der Waals surface area contributed by atoms with Gasteiger partial charge in [0.2, 0.25) is 5.91 Å². The van der Waals surface area contributed by atoms with Gasteiger partial charge in [0.1, 0.15) is 0 Å². The summed E-state index contributed by atoms with van der Waals surface area (Å²) in [5.41, 5.74) is 1.20. The molecular formula is C16H24N4O2. The first-order chi connectivity index (χ1) is 10.6. The van der Waals surface area contributed by atoms with E-state index in [0.29, 0.717) is 30.4 Å². The Morgan fingerprint density at radius 2 is 2.23 bits per heavy atom. The molecule has 0 saturated carbocycles. The van der Waals surface area contributed by atoms with Crippen LogP contribution in [0, 0.1) is 0 Å². The predicted octanol–water partition coefficient (Wildman–Crippen LogP) is 0.669. The molecule has 3 N–H and O–H groups in total. The van der Waals surface area contributed by atoms with Crippen molar-refractivity contribution < 1.29 is 9.59 Å². The number of anilines is 1. The molecule has 1 aromatic rings. The zero-order chi connectivity index (χ0) is 15.9. The third kappa shape index (κ3) is 4.54. The van der Waals surface area contributed by atoms with Gasteiger partial charge in [0.25, 0.3) is 5.91 Å². The van der Waals surface area contributed by atoms with Gasteiger partial charge in [0, 0.05) is 43.5 Å². The fourth-order valence-corrected chi connectivity index (χ4v) is 2.50. The molecule has 0 radical (unpaired) electrons. The summed E-state index contributed by atoms with van der Waals surface area (Å²) in [6, 6.07) is 7.35. The summed E-state index contributed by atoms with van der Waals surface area (Å²) in [6.07, 6.45) is 0. The summed E-state index contributed by atoms with van der Waals surface area (Å²) in [5.74, 6) is -0.184. The molecular weight excluding hydrogens is 280 g/mol. The molecule has 0 spiro atoms. The van der Waals surface area contributed by atoms with E-state index in [1.54, 1.807) is 24.3 Å². The first-order valence-electron chi connectivity index (χ1n) is 7.73. The summed E-state index contributed by atoms with van der Waals surface area (Å²) >= 11 is 0. The van der Waals surface area contributed by atoms with Crippen LogP contribution in [0.15, 0.2) is 24.3 Å². The van der Waals surface area contributed by atoms with E-state index in [1.165, 1.54) is 0 Å². The van der Waals surface area contributed by atoms with E-state index < -0.39 is 0 Å². The lowest BCUT2D eigenvalue weighted by atomic mass is 10.2. The van der Waals surface area contributed by atoms with Gasteiger partial charge in [0.05, 0.1) is 6.54 Å². The topological polar surface area (TPSA) is 73.5 Å². The fraction of sp³-hybridized carbons (Fsp3) is 0.500. The Labute approximate surface area is 131 Å². The Bertz CT molecular complexity index is 533. The molecule has 1 atom stereocenters. The van der Waals surface area contributed by atoms with Crippen LogP contribution in [-0.4, -0.2) is 55.5 Å². The van der Waals surface area contributed by atoms with E-state index in [0.717, 1.165) is 19.6 Å². The molecule has 1 aliphatic heterocycles. The Kier molecular flexibility index (Phi) is 5.91. The van der Waals surface area contributed by atoms with Crippen molar-refractivity contribution in [1.82, 2.24) is 15.5 Å². The van der Waals surface area contributed by atoms with Crippen molar-refractivity contribution in [1.29, 1.82) is 0 Å². The van der Waals surface area contributed by atoms with Crippen LogP contribution in [0.3, 0.4) is 0 Å². The Hall–Kier alpha value is -1.92. The van der Waals surface area contributed by atoms with Crippen LogP contribution >= 0.6 is 0 Å². The Morgan fingerprint density at radius 1 is 1.41 bits per heavy atom. The molecule has 1 heterocycles. The van der Waals surface area contributed by atoms with Crippen molar-refractivity contribution in [3.8, 4) is 0 Å². The van der Waals surface area contributed by atoms with E-state index in [9.17, 15) is 9.59 Å². The van der Waals surface area contributed by atoms with Crippen molar-refractivity contribution in [2.45, 2.75) is 19.9 Å². The number of carbonyl (C=O) groups excluding carboxylic acids is 2. The van der Waals surface area contributed by atoms with E-state index in [2.05, 4.69) is 27.8 Å². The highest BCUT2D eigenvalue weighted by Gasteiger charge is 2.20. The molecule has 22 heavy (non-hydrogen) atoms. The molecule has 0 aliphatic carbocycles. The van der Waals surface area contributed by atoms with Gasteiger partial charge in [-0.05, 0) is 32.0 Å². The van der Waals surface area contributed by atoms with Crippen LogP contribution in [0.2, 0.25) is 0 Å². The van der Waals surface area contributed by atoms with Gasteiger partial charge in [-0.15, -0.1) is 0 Å². The summed E-state index contributed by atoms with van der Waals surface area (Å²) in [5, 5.41) is 8.91. The maximum absolute atomic E-state index is 12.2. The lowest BCUT2D eigenvalue weighted by Gasteiger charge is -2.33. The molecule has 120 valence electrons. The average molecular weight is 304 g/mol. The number of nitrogens with one attached hydrogen (secondary N) is 3. The second-order valence-electron chi connectivity index (χ2n) is 5.51. The summed E-state index contributed by atoms with van der Waals surface area (Å²) in [6.45, 7) is 7.61. The number of piperazine rings is 1. The largest absolute Gasteiger partial charge is 0.352 e. The number of rotatable bonds is 5. The predicted molar refractivity (Wildman–Crippen MR) is 87.0 cm³/mol. The number of hydrogen-bond donors (Lipinski definition) is 3. The van der Waals surface area contributed by atoms with E-state index >= 15 is 0 Å². The van der Waals surface area contributed by atoms with Crippen molar-refractivity contribution in [3.63, 3.8) is 0 Å². The molecule has 1 fully saturated rings. The van der Waals surface area contributed by atoms with E-state index in [1.807, 2.05) is 6.92 Å². The smallest absolute Gasteiger partial charge is 0.251 e. The zero-order valence-electron chi connectivity index (χ0n) is 13.2. The first-order valence-corrected chi connectivity index (χ1v) is 7.73. The van der Waals surface area contributed by atoms with Gasteiger partial charge in [-0.2, -0.15) is 0 Å². The minimum absolute atomic E-state index is 0.0539. The molecule has 0 unspecified atom stereocenters. The van der Waals surface area contributed by atoms with Gasteiger partial charge < -0.3 is 16.0 Å². The third-order valence-electron chi connectivity index (χ3n) is 3.73. The Morgan fingerprint density at radius 3 is 2.95 bits per heavy atom. The SMILES string of the molecule is CCNC(=O)c1cccc(NC(=O)CN2CCNC[C@@H]2C)c1. The maximum Gasteiger partial charge on any atom is 0.251 e. The Balaban J connectivity index is 1.93.